The molecule has 0 aliphatic heterocycles. The summed E-state index contributed by atoms with van der Waals surface area (Å²) in [4.78, 5) is 4.42. The predicted molar refractivity (Wildman–Crippen MR) is 126 cm³/mol. The molecule has 0 aliphatic carbocycles. The lowest BCUT2D eigenvalue weighted by Crippen LogP contribution is -2.19. The van der Waals surface area contributed by atoms with Crippen molar-refractivity contribution < 1.29 is 14.2 Å². The van der Waals surface area contributed by atoms with Crippen molar-refractivity contribution in [3.05, 3.63) is 71.2 Å². The molecule has 0 radical (unpaired) electrons. The van der Waals surface area contributed by atoms with Gasteiger partial charge in [0.2, 0.25) is 0 Å². The largest absolute Gasteiger partial charge is 0.492 e. The van der Waals surface area contributed by atoms with Crippen molar-refractivity contribution in [2.45, 2.75) is 39.2 Å². The van der Waals surface area contributed by atoms with E-state index in [9.17, 15) is 9.50 Å². The Balaban J connectivity index is 1.62. The molecule has 1 aromatic carbocycles. The molecule has 3 heterocycles. The van der Waals surface area contributed by atoms with Crippen LogP contribution in [0.25, 0.3) is 16.8 Å². The van der Waals surface area contributed by atoms with Crippen LogP contribution in [0.15, 0.2) is 42.7 Å². The number of nitrogens with two attached hydrogens (primary N) is 1. The summed E-state index contributed by atoms with van der Waals surface area (Å²) in [6.45, 7) is 6.25. The monoisotopic (exact) mass is 451 g/mol. The molecule has 174 valence electrons. The van der Waals surface area contributed by atoms with Gasteiger partial charge in [-0.25, -0.2) is 9.37 Å². The van der Waals surface area contributed by atoms with Crippen molar-refractivity contribution >= 4 is 5.65 Å². The van der Waals surface area contributed by atoms with Crippen molar-refractivity contribution in [1.29, 1.82) is 0 Å². The lowest BCUT2D eigenvalue weighted by Gasteiger charge is -2.17. The maximum absolute atomic E-state index is 14.1. The number of pyridine rings is 1. The molecule has 33 heavy (non-hydrogen) atoms. The summed E-state index contributed by atoms with van der Waals surface area (Å²) in [7, 11) is 1.85. The molecule has 0 fully saturated rings. The second kappa shape index (κ2) is 8.96. The minimum absolute atomic E-state index is 0.317. The van der Waals surface area contributed by atoms with Crippen LogP contribution in [-0.4, -0.2) is 37.4 Å². The average Bonchev–Trinajstić information content (AvgIpc) is 3.29. The maximum atomic E-state index is 14.1. The molecule has 4 aromatic rings. The van der Waals surface area contributed by atoms with E-state index in [1.54, 1.807) is 24.6 Å². The zero-order valence-electron chi connectivity index (χ0n) is 19.5. The Bertz CT molecular complexity index is 1290. The Labute approximate surface area is 192 Å². The van der Waals surface area contributed by atoms with Crippen molar-refractivity contribution in [1.82, 2.24) is 19.2 Å². The Morgan fingerprint density at radius 1 is 1.18 bits per heavy atom. The highest BCUT2D eigenvalue weighted by Gasteiger charge is 2.26. The van der Waals surface area contributed by atoms with Gasteiger partial charge < -0.3 is 20.0 Å². The summed E-state index contributed by atoms with van der Waals surface area (Å²) in [6.07, 6.45) is 5.05. The third-order valence-corrected chi connectivity index (χ3v) is 5.88. The molecule has 4 rings (SSSR count). The second-order valence-corrected chi connectivity index (χ2v) is 8.77. The third kappa shape index (κ3) is 4.62. The number of ether oxygens (including phenoxy) is 1. The number of nitrogens with zero attached hydrogens (tertiary/aromatic N) is 4. The number of aliphatic hydroxyl groups is 1. The summed E-state index contributed by atoms with van der Waals surface area (Å²) >= 11 is 0. The number of fused-ring (bicyclic) bond motifs is 1. The standard InChI is InChI=1S/C25H30FN5O2/c1-16-20(24(25(2,3)32)29-30(16)4)10-12-33-22-13-18(26)6-7-21(22)17-5-8-23-28-14-19(9-11-27)31(23)15-17/h5-8,13-15,32H,9-12,27H2,1-4H3. The molecule has 0 saturated carbocycles. The lowest BCUT2D eigenvalue weighted by molar-refractivity contribution is 0.0721. The molecule has 7 nitrogen and oxygen atoms in total. The number of hydrogen-bond acceptors (Lipinski definition) is 5. The van der Waals surface area contributed by atoms with Crippen molar-refractivity contribution in [3.63, 3.8) is 0 Å². The molecular weight excluding hydrogens is 421 g/mol. The van der Waals surface area contributed by atoms with E-state index in [-0.39, 0.29) is 5.82 Å². The minimum atomic E-state index is -1.06. The molecule has 0 amide bonds. The van der Waals surface area contributed by atoms with Gasteiger partial charge in [0.1, 0.15) is 22.8 Å². The van der Waals surface area contributed by atoms with E-state index in [1.807, 2.05) is 42.9 Å². The highest BCUT2D eigenvalue weighted by molar-refractivity contribution is 5.71. The molecule has 8 heteroatoms. The first-order valence-electron chi connectivity index (χ1n) is 11.0. The van der Waals surface area contributed by atoms with Crippen molar-refractivity contribution in [3.8, 4) is 16.9 Å². The Morgan fingerprint density at radius 3 is 2.70 bits per heavy atom. The van der Waals surface area contributed by atoms with Gasteiger partial charge >= 0.3 is 0 Å². The number of hydrogen-bond donors (Lipinski definition) is 2. The van der Waals surface area contributed by atoms with Gasteiger partial charge in [0.25, 0.3) is 0 Å². The van der Waals surface area contributed by atoms with Crippen LogP contribution < -0.4 is 10.5 Å². The second-order valence-electron chi connectivity index (χ2n) is 8.77. The first kappa shape index (κ1) is 22.9. The van der Waals surface area contributed by atoms with Gasteiger partial charge in [-0.05, 0) is 51.6 Å². The number of aryl methyl sites for hydroxylation is 1. The summed E-state index contributed by atoms with van der Waals surface area (Å²) in [5.41, 5.74) is 10.7. The number of imidazole rings is 1. The molecule has 0 spiro atoms. The fourth-order valence-corrected chi connectivity index (χ4v) is 4.08. The summed E-state index contributed by atoms with van der Waals surface area (Å²) in [6, 6.07) is 8.44. The number of aromatic nitrogens is 4. The third-order valence-electron chi connectivity index (χ3n) is 5.88. The van der Waals surface area contributed by atoms with E-state index in [0.717, 1.165) is 33.7 Å². The van der Waals surface area contributed by atoms with Gasteiger partial charge in [-0.15, -0.1) is 0 Å². The first-order valence-corrected chi connectivity index (χ1v) is 11.0. The molecule has 0 unspecified atom stereocenters. The Hall–Kier alpha value is -3.23. The zero-order chi connectivity index (χ0) is 23.8. The van der Waals surface area contributed by atoms with Gasteiger partial charge in [-0.3, -0.25) is 4.68 Å². The van der Waals surface area contributed by atoms with Gasteiger partial charge in [-0.2, -0.15) is 5.10 Å². The van der Waals surface area contributed by atoms with Crippen LogP contribution in [0.3, 0.4) is 0 Å². The molecule has 3 aromatic heterocycles. The van der Waals surface area contributed by atoms with Gasteiger partial charge in [-0.1, -0.05) is 0 Å². The fourth-order valence-electron chi connectivity index (χ4n) is 4.08. The maximum Gasteiger partial charge on any atom is 0.136 e. The normalized spacial score (nSPS) is 12.0. The zero-order valence-corrected chi connectivity index (χ0v) is 19.5. The van der Waals surface area contributed by atoms with E-state index in [1.165, 1.54) is 12.1 Å². The topological polar surface area (TPSA) is 90.6 Å². The first-order chi connectivity index (χ1) is 15.7. The highest BCUT2D eigenvalue weighted by atomic mass is 19.1. The summed E-state index contributed by atoms with van der Waals surface area (Å²) in [5.74, 6) is 0.0946. The predicted octanol–water partition coefficient (Wildman–Crippen LogP) is 3.53. The molecule has 0 atom stereocenters. The lowest BCUT2D eigenvalue weighted by atomic mass is 9.98. The number of halogens is 1. The number of rotatable bonds is 8. The van der Waals surface area contributed by atoms with Crippen LogP contribution >= 0.6 is 0 Å². The van der Waals surface area contributed by atoms with Crippen LogP contribution in [-0.2, 0) is 25.5 Å². The van der Waals surface area contributed by atoms with Gasteiger partial charge in [0.05, 0.1) is 12.3 Å². The van der Waals surface area contributed by atoms with Gasteiger partial charge in [0, 0.05) is 66.4 Å². The quantitative estimate of drug-likeness (QED) is 0.428. The molecular formula is C25H30FN5O2. The minimum Gasteiger partial charge on any atom is -0.492 e. The fraction of sp³-hybridized carbons (Fsp3) is 0.360. The Kier molecular flexibility index (Phi) is 6.23. The smallest absolute Gasteiger partial charge is 0.136 e. The highest BCUT2D eigenvalue weighted by Crippen LogP contribution is 2.32. The van der Waals surface area contributed by atoms with Crippen molar-refractivity contribution in [2.75, 3.05) is 13.2 Å². The molecule has 0 bridgehead atoms. The van der Waals surface area contributed by atoms with E-state index in [2.05, 4.69) is 10.1 Å². The SMILES string of the molecule is Cc1c(CCOc2cc(F)ccc2-c2ccc3ncc(CCN)n3c2)c(C(C)(C)O)nn1C. The molecule has 0 saturated heterocycles. The number of benzene rings is 1. The van der Waals surface area contributed by atoms with Crippen LogP contribution in [0.2, 0.25) is 0 Å². The van der Waals surface area contributed by atoms with Crippen LogP contribution in [0.5, 0.6) is 5.75 Å². The molecule has 0 aliphatic rings. The van der Waals surface area contributed by atoms with Crippen LogP contribution in [0, 0.1) is 12.7 Å². The van der Waals surface area contributed by atoms with Crippen molar-refractivity contribution in [2.24, 2.45) is 12.8 Å². The molecule has 3 N–H and O–H groups in total. The van der Waals surface area contributed by atoms with Crippen LogP contribution in [0.1, 0.15) is 36.5 Å². The van der Waals surface area contributed by atoms with E-state index in [4.69, 9.17) is 10.5 Å². The summed E-state index contributed by atoms with van der Waals surface area (Å²) in [5, 5.41) is 15.0. The average molecular weight is 452 g/mol. The Morgan fingerprint density at radius 2 is 1.97 bits per heavy atom. The summed E-state index contributed by atoms with van der Waals surface area (Å²) < 4.78 is 24.0. The van der Waals surface area contributed by atoms with Gasteiger partial charge in [0.15, 0.2) is 0 Å². The van der Waals surface area contributed by atoms with E-state index < -0.39 is 5.60 Å². The van der Waals surface area contributed by atoms with E-state index in [0.29, 0.717) is 37.4 Å². The van der Waals surface area contributed by atoms with Crippen LogP contribution in [0.4, 0.5) is 4.39 Å². The van der Waals surface area contributed by atoms with E-state index >= 15 is 0 Å².